The molecule has 0 fully saturated rings. The molecule has 0 aromatic heterocycles. The highest BCUT2D eigenvalue weighted by molar-refractivity contribution is 5.69. The van der Waals surface area contributed by atoms with Gasteiger partial charge < -0.3 is 31.2 Å². The molecule has 1 spiro atoms. The van der Waals surface area contributed by atoms with Crippen LogP contribution in [0.1, 0.15) is 73.9 Å². The van der Waals surface area contributed by atoms with E-state index in [4.69, 9.17) is 20.9 Å². The van der Waals surface area contributed by atoms with E-state index in [0.717, 1.165) is 24.3 Å². The first-order valence-electron chi connectivity index (χ1n) is 14.1. The molecule has 6 heteroatoms. The van der Waals surface area contributed by atoms with Gasteiger partial charge in [-0.2, -0.15) is 0 Å². The third-order valence-corrected chi connectivity index (χ3v) is 9.01. The summed E-state index contributed by atoms with van der Waals surface area (Å²) in [5.41, 5.74) is 19.2. The number of aryl methyl sites for hydroxylation is 2. The van der Waals surface area contributed by atoms with E-state index in [1.54, 1.807) is 36.4 Å². The quantitative estimate of drug-likeness (QED) is 0.151. The fourth-order valence-corrected chi connectivity index (χ4v) is 7.78. The number of phenolic OH excluding ortho intramolecular Hbond substituents is 2. The highest BCUT2D eigenvalue weighted by Gasteiger charge is 2.59. The fourth-order valence-electron chi connectivity index (χ4n) is 7.78. The van der Waals surface area contributed by atoms with Gasteiger partial charge in [-0.25, -0.2) is 0 Å². The van der Waals surface area contributed by atoms with Gasteiger partial charge in [0.25, 0.3) is 0 Å². The summed E-state index contributed by atoms with van der Waals surface area (Å²) in [7, 11) is 0. The predicted octanol–water partition coefficient (Wildman–Crippen LogP) is 8.11. The molecule has 0 atom stereocenters. The molecule has 212 valence electrons. The number of nitrogens with two attached hydrogens (primary N) is 2. The number of hydrogen-bond acceptors (Lipinski definition) is 6. The summed E-state index contributed by atoms with van der Waals surface area (Å²) in [5.74, 6) is 2.70. The Morgan fingerprint density at radius 3 is 1.34 bits per heavy atom. The second-order valence-corrected chi connectivity index (χ2v) is 13.1. The lowest BCUT2D eigenvalue weighted by Gasteiger charge is -2.32. The van der Waals surface area contributed by atoms with Crippen molar-refractivity contribution < 1.29 is 19.7 Å². The smallest absolute Gasteiger partial charge is 0.142 e. The SMILES string of the molecule is Cc1ccc(Oc2ccc(N)c(O)c2)c2c1C1(CC2(C)C)CC(C)(C)c2c(Oc3ccc(N)c(O)c3)ccc(C)c21. The molecule has 0 aliphatic heterocycles. The average Bonchev–Trinajstić information content (AvgIpc) is 3.28. The molecule has 0 radical (unpaired) electrons. The summed E-state index contributed by atoms with van der Waals surface area (Å²) in [6, 6.07) is 18.4. The van der Waals surface area contributed by atoms with E-state index in [1.807, 2.05) is 12.1 Å². The predicted molar refractivity (Wildman–Crippen MR) is 164 cm³/mol. The summed E-state index contributed by atoms with van der Waals surface area (Å²) in [6.07, 6.45) is 1.85. The van der Waals surface area contributed by atoms with Crippen LogP contribution >= 0.6 is 0 Å². The number of rotatable bonds is 4. The van der Waals surface area contributed by atoms with Gasteiger partial charge in [-0.3, -0.25) is 0 Å². The lowest BCUT2D eigenvalue weighted by atomic mass is 9.70. The molecule has 0 heterocycles. The Morgan fingerprint density at radius 2 is 0.976 bits per heavy atom. The molecular formula is C35H38N2O4. The molecule has 4 aromatic carbocycles. The topological polar surface area (TPSA) is 111 Å². The largest absolute Gasteiger partial charge is 0.506 e. The third kappa shape index (κ3) is 4.07. The highest BCUT2D eigenvalue weighted by Crippen LogP contribution is 2.67. The average molecular weight is 551 g/mol. The van der Waals surface area contributed by atoms with Crippen LogP contribution in [-0.4, -0.2) is 10.2 Å². The van der Waals surface area contributed by atoms with Crippen molar-refractivity contribution in [2.45, 2.75) is 70.6 Å². The molecule has 6 nitrogen and oxygen atoms in total. The molecule has 0 saturated heterocycles. The van der Waals surface area contributed by atoms with Crippen LogP contribution in [0, 0.1) is 13.8 Å². The maximum absolute atomic E-state index is 10.2. The second-order valence-electron chi connectivity index (χ2n) is 13.1. The van der Waals surface area contributed by atoms with Gasteiger partial charge in [-0.1, -0.05) is 39.8 Å². The number of phenols is 2. The molecule has 0 unspecified atom stereocenters. The van der Waals surface area contributed by atoms with E-state index in [0.29, 0.717) is 22.9 Å². The fraction of sp³-hybridized carbons (Fsp3) is 0.314. The van der Waals surface area contributed by atoms with Crippen LogP contribution in [0.3, 0.4) is 0 Å². The van der Waals surface area contributed by atoms with Crippen LogP contribution in [0.15, 0.2) is 60.7 Å². The van der Waals surface area contributed by atoms with E-state index >= 15 is 0 Å². The molecule has 6 rings (SSSR count). The number of aromatic hydroxyl groups is 2. The van der Waals surface area contributed by atoms with E-state index in [2.05, 4.69) is 53.7 Å². The number of benzene rings is 4. The van der Waals surface area contributed by atoms with Crippen molar-refractivity contribution in [2.75, 3.05) is 11.5 Å². The van der Waals surface area contributed by atoms with Crippen molar-refractivity contribution in [1.29, 1.82) is 0 Å². The third-order valence-electron chi connectivity index (χ3n) is 9.01. The molecule has 0 saturated carbocycles. The first-order chi connectivity index (χ1) is 19.2. The van der Waals surface area contributed by atoms with E-state index < -0.39 is 0 Å². The van der Waals surface area contributed by atoms with Crippen LogP contribution in [-0.2, 0) is 16.2 Å². The maximum Gasteiger partial charge on any atom is 0.142 e. The van der Waals surface area contributed by atoms with E-state index in [-0.39, 0.29) is 27.7 Å². The van der Waals surface area contributed by atoms with Gasteiger partial charge in [0.1, 0.15) is 34.5 Å². The van der Waals surface area contributed by atoms with Crippen molar-refractivity contribution in [3.05, 3.63) is 94.0 Å². The van der Waals surface area contributed by atoms with E-state index in [9.17, 15) is 10.2 Å². The zero-order valence-corrected chi connectivity index (χ0v) is 24.6. The Hall–Kier alpha value is -4.32. The van der Waals surface area contributed by atoms with Gasteiger partial charge in [0.2, 0.25) is 0 Å². The molecule has 41 heavy (non-hydrogen) atoms. The van der Waals surface area contributed by atoms with Crippen molar-refractivity contribution in [2.24, 2.45) is 0 Å². The highest BCUT2D eigenvalue weighted by atomic mass is 16.5. The van der Waals surface area contributed by atoms with Gasteiger partial charge >= 0.3 is 0 Å². The Morgan fingerprint density at radius 1 is 0.585 bits per heavy atom. The van der Waals surface area contributed by atoms with E-state index in [1.165, 1.54) is 33.4 Å². The van der Waals surface area contributed by atoms with Gasteiger partial charge in [0.05, 0.1) is 11.4 Å². The molecule has 4 aromatic rings. The standard InChI is InChI=1S/C35H38N2O4/c1-19-7-13-27(40-21-9-11-23(36)25(38)15-21)31-29(19)35(17-33(31,3)4)18-34(5,6)32-28(14-8-20(2)30(32)35)41-22-10-12-24(37)26(39)16-22/h7-16,38-39H,17-18,36-37H2,1-6H3. The number of ether oxygens (including phenoxy) is 2. The summed E-state index contributed by atoms with van der Waals surface area (Å²) >= 11 is 0. The Kier molecular flexibility index (Phi) is 5.79. The Balaban J connectivity index is 1.54. The number of anilines is 2. The minimum Gasteiger partial charge on any atom is -0.506 e. The summed E-state index contributed by atoms with van der Waals surface area (Å²) < 4.78 is 12.9. The molecular weight excluding hydrogens is 512 g/mol. The lowest BCUT2D eigenvalue weighted by Crippen LogP contribution is -2.28. The first-order valence-corrected chi connectivity index (χ1v) is 14.1. The normalized spacial score (nSPS) is 17.3. The summed E-state index contributed by atoms with van der Waals surface area (Å²) in [6.45, 7) is 13.6. The van der Waals surface area contributed by atoms with Gasteiger partial charge in [-0.15, -0.1) is 0 Å². The first kappa shape index (κ1) is 26.9. The monoisotopic (exact) mass is 550 g/mol. The van der Waals surface area contributed by atoms with Crippen molar-refractivity contribution in [3.8, 4) is 34.5 Å². The second kappa shape index (κ2) is 8.84. The number of hydrogen-bond donors (Lipinski definition) is 4. The maximum atomic E-state index is 10.2. The van der Waals surface area contributed by atoms with Crippen LogP contribution in [0.2, 0.25) is 0 Å². The minimum atomic E-state index is -0.239. The molecule has 2 aliphatic carbocycles. The molecule has 2 aliphatic rings. The minimum absolute atomic E-state index is 0.00559. The lowest BCUT2D eigenvalue weighted by molar-refractivity contribution is 0.344. The zero-order chi connectivity index (χ0) is 29.5. The Labute approximate surface area is 241 Å². The van der Waals surface area contributed by atoms with Crippen molar-refractivity contribution >= 4 is 11.4 Å². The molecule has 0 amide bonds. The van der Waals surface area contributed by atoms with Crippen molar-refractivity contribution in [1.82, 2.24) is 0 Å². The molecule has 0 bridgehead atoms. The zero-order valence-electron chi connectivity index (χ0n) is 24.6. The van der Waals surface area contributed by atoms with Crippen LogP contribution in [0.25, 0.3) is 0 Å². The van der Waals surface area contributed by atoms with Crippen molar-refractivity contribution in [3.63, 3.8) is 0 Å². The number of fused-ring (bicyclic) bond motifs is 4. The van der Waals surface area contributed by atoms with Gasteiger partial charge in [-0.05, 0) is 96.2 Å². The van der Waals surface area contributed by atoms with Gasteiger partial charge in [0.15, 0.2) is 0 Å². The van der Waals surface area contributed by atoms with Crippen LogP contribution in [0.5, 0.6) is 34.5 Å². The Bertz CT molecular complexity index is 1590. The number of nitrogen functional groups attached to an aromatic ring is 2. The van der Waals surface area contributed by atoms with Crippen LogP contribution in [0.4, 0.5) is 11.4 Å². The van der Waals surface area contributed by atoms with Gasteiger partial charge in [0, 0.05) is 28.7 Å². The summed E-state index contributed by atoms with van der Waals surface area (Å²) in [4.78, 5) is 0. The van der Waals surface area contributed by atoms with Crippen LogP contribution < -0.4 is 20.9 Å². The summed E-state index contributed by atoms with van der Waals surface area (Å²) in [5, 5.41) is 20.4. The molecule has 6 N–H and O–H groups in total.